The molecular formula is C7H7N3O2. The predicted molar refractivity (Wildman–Crippen MR) is 44.6 cm³/mol. The fourth-order valence-corrected chi connectivity index (χ4v) is 0.856. The van der Waals surface area contributed by atoms with E-state index in [0.29, 0.717) is 5.57 Å². The van der Waals surface area contributed by atoms with E-state index in [1.54, 1.807) is 13.0 Å². The summed E-state index contributed by atoms with van der Waals surface area (Å²) in [5, 5.41) is 21.3. The van der Waals surface area contributed by atoms with Crippen molar-refractivity contribution in [2.24, 2.45) is 10.3 Å². The molecule has 0 aromatic heterocycles. The van der Waals surface area contributed by atoms with Gasteiger partial charge in [0.2, 0.25) is 0 Å². The maximum Gasteiger partial charge on any atom is 0.156 e. The summed E-state index contributed by atoms with van der Waals surface area (Å²) >= 11 is 0. The zero-order valence-electron chi connectivity index (χ0n) is 6.40. The topological polar surface area (TPSA) is 85.9 Å². The van der Waals surface area contributed by atoms with Gasteiger partial charge in [0.1, 0.15) is 5.70 Å². The van der Waals surface area contributed by atoms with Crippen LogP contribution in [0.25, 0.3) is 0 Å². The highest BCUT2D eigenvalue weighted by molar-refractivity contribution is 6.52. The lowest BCUT2D eigenvalue weighted by molar-refractivity contribution is 0.320. The third-order valence-corrected chi connectivity index (χ3v) is 1.56. The minimum Gasteiger partial charge on any atom is -0.410 e. The van der Waals surface area contributed by atoms with E-state index in [2.05, 4.69) is 10.3 Å². The largest absolute Gasteiger partial charge is 0.410 e. The van der Waals surface area contributed by atoms with Crippen molar-refractivity contribution in [2.45, 2.75) is 6.92 Å². The van der Waals surface area contributed by atoms with Gasteiger partial charge in [-0.3, -0.25) is 5.41 Å². The molecule has 12 heavy (non-hydrogen) atoms. The molecule has 1 aliphatic carbocycles. The summed E-state index contributed by atoms with van der Waals surface area (Å²) < 4.78 is 0. The lowest BCUT2D eigenvalue weighted by Crippen LogP contribution is -2.18. The molecule has 0 radical (unpaired) electrons. The molecule has 0 aromatic rings. The molecule has 2 N–H and O–H groups in total. The van der Waals surface area contributed by atoms with Crippen molar-refractivity contribution >= 4 is 11.4 Å². The number of oxime groups is 1. The average molecular weight is 165 g/mol. The van der Waals surface area contributed by atoms with Crippen LogP contribution in [0, 0.1) is 10.3 Å². The van der Waals surface area contributed by atoms with Gasteiger partial charge >= 0.3 is 0 Å². The highest BCUT2D eigenvalue weighted by Crippen LogP contribution is 2.13. The van der Waals surface area contributed by atoms with Crippen LogP contribution in [-0.4, -0.2) is 16.6 Å². The lowest BCUT2D eigenvalue weighted by Gasteiger charge is -2.08. The molecule has 5 heteroatoms. The van der Waals surface area contributed by atoms with Crippen LogP contribution in [0.1, 0.15) is 6.92 Å². The van der Waals surface area contributed by atoms with E-state index in [9.17, 15) is 4.91 Å². The molecule has 5 nitrogen and oxygen atoms in total. The first-order valence-electron chi connectivity index (χ1n) is 3.24. The number of nitroso groups, excluding NO2 is 1. The van der Waals surface area contributed by atoms with Gasteiger partial charge in [-0.1, -0.05) is 11.2 Å². The summed E-state index contributed by atoms with van der Waals surface area (Å²) in [6.07, 6.45) is 2.99. The van der Waals surface area contributed by atoms with Crippen LogP contribution >= 0.6 is 0 Å². The highest BCUT2D eigenvalue weighted by atomic mass is 16.4. The number of rotatable bonds is 1. The SMILES string of the molecule is CC1=CC=C(N=O)/C(=N/O)C1=N. The van der Waals surface area contributed by atoms with Crippen LogP contribution in [0.15, 0.2) is 33.8 Å². The minimum absolute atomic E-state index is 0.0203. The van der Waals surface area contributed by atoms with Gasteiger partial charge in [0.15, 0.2) is 5.71 Å². The van der Waals surface area contributed by atoms with E-state index >= 15 is 0 Å². The van der Waals surface area contributed by atoms with Gasteiger partial charge in [0.25, 0.3) is 0 Å². The normalized spacial score (nSPS) is 20.4. The van der Waals surface area contributed by atoms with E-state index < -0.39 is 0 Å². The van der Waals surface area contributed by atoms with Crippen molar-refractivity contribution in [3.8, 4) is 0 Å². The average Bonchev–Trinajstić information content (AvgIpc) is 2.09. The molecular weight excluding hydrogens is 158 g/mol. The molecule has 0 saturated carbocycles. The molecule has 1 aliphatic rings. The van der Waals surface area contributed by atoms with Crippen molar-refractivity contribution in [3.05, 3.63) is 28.3 Å². The summed E-state index contributed by atoms with van der Waals surface area (Å²) in [6, 6.07) is 0. The first-order chi connectivity index (χ1) is 5.70. The molecule has 0 bridgehead atoms. The van der Waals surface area contributed by atoms with Crippen LogP contribution in [-0.2, 0) is 0 Å². The van der Waals surface area contributed by atoms with Gasteiger partial charge in [0, 0.05) is 0 Å². The number of hydrogen-bond acceptors (Lipinski definition) is 5. The molecule has 0 aromatic carbocycles. The van der Waals surface area contributed by atoms with Crippen LogP contribution in [0.5, 0.6) is 0 Å². The van der Waals surface area contributed by atoms with Crippen LogP contribution in [0.3, 0.4) is 0 Å². The standard InChI is InChI=1S/C7H7N3O2/c1-4-2-3-5(9-11)7(10-12)6(4)8/h2-3,8,12H,1H3/b8-6?,10-7-. The van der Waals surface area contributed by atoms with Gasteiger partial charge in [-0.2, -0.15) is 0 Å². The first-order valence-corrected chi connectivity index (χ1v) is 3.24. The van der Waals surface area contributed by atoms with Crippen molar-refractivity contribution in [1.29, 1.82) is 5.41 Å². The number of nitrogens with zero attached hydrogens (tertiary/aromatic N) is 2. The predicted octanol–water partition coefficient (Wildman–Crippen LogP) is 1.45. The Labute approximate surface area is 68.6 Å². The third kappa shape index (κ3) is 1.16. The van der Waals surface area contributed by atoms with Gasteiger partial charge in [0.05, 0.1) is 5.71 Å². The van der Waals surface area contributed by atoms with Crippen LogP contribution in [0.4, 0.5) is 0 Å². The zero-order valence-corrected chi connectivity index (χ0v) is 6.40. The van der Waals surface area contributed by atoms with Crippen LogP contribution < -0.4 is 0 Å². The zero-order chi connectivity index (χ0) is 9.14. The van der Waals surface area contributed by atoms with Crippen LogP contribution in [0.2, 0.25) is 0 Å². The Hall–Kier alpha value is -1.78. The molecule has 0 atom stereocenters. The minimum atomic E-state index is -0.0787. The first kappa shape index (κ1) is 8.32. The van der Waals surface area contributed by atoms with Gasteiger partial charge < -0.3 is 5.21 Å². The van der Waals surface area contributed by atoms with Gasteiger partial charge in [-0.05, 0) is 23.7 Å². The van der Waals surface area contributed by atoms with Crippen molar-refractivity contribution in [1.82, 2.24) is 0 Å². The summed E-state index contributed by atoms with van der Waals surface area (Å²) in [7, 11) is 0. The number of allylic oxidation sites excluding steroid dienone is 4. The Morgan fingerprint density at radius 3 is 2.67 bits per heavy atom. The third-order valence-electron chi connectivity index (χ3n) is 1.56. The van der Waals surface area contributed by atoms with E-state index in [1.807, 2.05) is 0 Å². The second-order valence-corrected chi connectivity index (χ2v) is 2.32. The molecule has 0 fully saturated rings. The fraction of sp³-hybridized carbons (Fsp3) is 0.143. The lowest BCUT2D eigenvalue weighted by atomic mass is 10.00. The molecule has 1 rings (SSSR count). The summed E-state index contributed by atoms with van der Waals surface area (Å²) in [4.78, 5) is 10.1. The molecule has 0 aliphatic heterocycles. The smallest absolute Gasteiger partial charge is 0.156 e. The molecule has 62 valence electrons. The highest BCUT2D eigenvalue weighted by Gasteiger charge is 2.18. The van der Waals surface area contributed by atoms with Gasteiger partial charge in [-0.15, -0.1) is 4.91 Å². The molecule has 0 saturated heterocycles. The second kappa shape index (κ2) is 3.08. The number of hydrogen-bond donors (Lipinski definition) is 2. The molecule has 0 unspecified atom stereocenters. The van der Waals surface area contributed by atoms with E-state index in [4.69, 9.17) is 10.6 Å². The van der Waals surface area contributed by atoms with E-state index in [-0.39, 0.29) is 17.1 Å². The summed E-state index contributed by atoms with van der Waals surface area (Å²) in [5.41, 5.74) is 0.558. The van der Waals surface area contributed by atoms with Crippen molar-refractivity contribution in [2.75, 3.05) is 0 Å². The van der Waals surface area contributed by atoms with Crippen molar-refractivity contribution in [3.63, 3.8) is 0 Å². The molecule has 0 spiro atoms. The van der Waals surface area contributed by atoms with E-state index in [0.717, 1.165) is 0 Å². The Kier molecular flexibility index (Phi) is 2.14. The summed E-state index contributed by atoms with van der Waals surface area (Å²) in [5.74, 6) is 0. The Bertz CT molecular complexity index is 326. The summed E-state index contributed by atoms with van der Waals surface area (Å²) in [6.45, 7) is 1.69. The fourth-order valence-electron chi connectivity index (χ4n) is 0.856. The molecule has 0 amide bonds. The second-order valence-electron chi connectivity index (χ2n) is 2.32. The number of nitrogens with one attached hydrogen (secondary N) is 1. The quantitative estimate of drug-likeness (QED) is 0.266. The Morgan fingerprint density at radius 1 is 1.50 bits per heavy atom. The van der Waals surface area contributed by atoms with Gasteiger partial charge in [-0.25, -0.2) is 0 Å². The van der Waals surface area contributed by atoms with Crippen molar-refractivity contribution < 1.29 is 5.21 Å². The maximum absolute atomic E-state index is 10.1. The maximum atomic E-state index is 10.1. The Morgan fingerprint density at radius 2 is 2.17 bits per heavy atom. The molecule has 0 heterocycles. The Balaban J connectivity index is 3.19. The monoisotopic (exact) mass is 165 g/mol. The van der Waals surface area contributed by atoms with E-state index in [1.165, 1.54) is 6.08 Å².